The molecule has 0 aromatic carbocycles. The van der Waals surface area contributed by atoms with E-state index < -0.39 is 0 Å². The molecule has 0 bridgehead atoms. The summed E-state index contributed by atoms with van der Waals surface area (Å²) in [7, 11) is 0. The van der Waals surface area contributed by atoms with Gasteiger partial charge in [0.2, 0.25) is 0 Å². The van der Waals surface area contributed by atoms with Gasteiger partial charge in [0.05, 0.1) is 12.3 Å². The largest absolute Gasteiger partial charge is 0.468 e. The van der Waals surface area contributed by atoms with Crippen molar-refractivity contribution in [3.05, 3.63) is 24.2 Å². The maximum atomic E-state index is 5.35. The Kier molecular flexibility index (Phi) is 2.88. The van der Waals surface area contributed by atoms with Crippen molar-refractivity contribution < 1.29 is 4.42 Å². The van der Waals surface area contributed by atoms with Crippen LogP contribution >= 0.6 is 11.8 Å². The quantitative estimate of drug-likeness (QED) is 0.810. The maximum Gasteiger partial charge on any atom is 0.120 e. The van der Waals surface area contributed by atoms with Crippen LogP contribution in [0.2, 0.25) is 0 Å². The summed E-state index contributed by atoms with van der Waals surface area (Å²) in [5, 5.41) is 3.52. The van der Waals surface area contributed by atoms with E-state index in [1.165, 1.54) is 12.8 Å². The minimum atomic E-state index is 0.328. The normalized spacial score (nSPS) is 20.7. The minimum Gasteiger partial charge on any atom is -0.468 e. The maximum absolute atomic E-state index is 5.35. The number of hydrogen-bond acceptors (Lipinski definition) is 3. The van der Waals surface area contributed by atoms with Crippen LogP contribution in [0.1, 0.15) is 31.6 Å². The summed E-state index contributed by atoms with van der Waals surface area (Å²) >= 11 is 1.98. The standard InChI is InChI=1S/C11H17NOS/c1-9(10-4-3-7-13-10)12-8-11(14-2)5-6-11/h3-4,7,9,12H,5-6,8H2,1-2H3. The first-order valence-electron chi connectivity index (χ1n) is 5.08. The third-order valence-electron chi connectivity index (χ3n) is 2.94. The molecular formula is C11H17NOS. The molecule has 1 saturated carbocycles. The summed E-state index contributed by atoms with van der Waals surface area (Å²) in [4.78, 5) is 0. The van der Waals surface area contributed by atoms with Gasteiger partial charge >= 0.3 is 0 Å². The fourth-order valence-electron chi connectivity index (χ4n) is 1.57. The smallest absolute Gasteiger partial charge is 0.120 e. The van der Waals surface area contributed by atoms with E-state index in [9.17, 15) is 0 Å². The first kappa shape index (κ1) is 10.1. The molecule has 1 aliphatic carbocycles. The van der Waals surface area contributed by atoms with E-state index in [0.29, 0.717) is 10.8 Å². The van der Waals surface area contributed by atoms with Crippen LogP contribution in [0.15, 0.2) is 22.8 Å². The van der Waals surface area contributed by atoms with Crippen molar-refractivity contribution in [1.29, 1.82) is 0 Å². The fraction of sp³-hybridized carbons (Fsp3) is 0.636. The Balaban J connectivity index is 1.81. The highest BCUT2D eigenvalue weighted by Crippen LogP contribution is 2.46. The summed E-state index contributed by atoms with van der Waals surface area (Å²) in [6.07, 6.45) is 6.64. The second-order valence-corrected chi connectivity index (χ2v) is 5.28. The van der Waals surface area contributed by atoms with E-state index in [2.05, 4.69) is 18.5 Å². The van der Waals surface area contributed by atoms with E-state index in [1.54, 1.807) is 6.26 Å². The number of rotatable bonds is 5. The second kappa shape index (κ2) is 3.99. The molecule has 1 aromatic rings. The molecule has 1 fully saturated rings. The average Bonchev–Trinajstić information content (AvgIpc) is 2.78. The van der Waals surface area contributed by atoms with Gasteiger partial charge in [-0.3, -0.25) is 0 Å². The second-order valence-electron chi connectivity index (χ2n) is 4.01. The highest BCUT2D eigenvalue weighted by atomic mass is 32.2. The number of hydrogen-bond donors (Lipinski definition) is 1. The van der Waals surface area contributed by atoms with E-state index in [4.69, 9.17) is 4.42 Å². The van der Waals surface area contributed by atoms with E-state index in [-0.39, 0.29) is 0 Å². The van der Waals surface area contributed by atoms with Crippen LogP contribution in [0.25, 0.3) is 0 Å². The van der Waals surface area contributed by atoms with Crippen LogP contribution < -0.4 is 5.32 Å². The highest BCUT2D eigenvalue weighted by Gasteiger charge is 2.41. The number of furan rings is 1. The van der Waals surface area contributed by atoms with Crippen molar-refractivity contribution in [3.8, 4) is 0 Å². The third kappa shape index (κ3) is 2.15. The summed E-state index contributed by atoms with van der Waals surface area (Å²) in [6, 6.07) is 4.29. The van der Waals surface area contributed by atoms with Gasteiger partial charge in [0.25, 0.3) is 0 Å². The average molecular weight is 211 g/mol. The van der Waals surface area contributed by atoms with Gasteiger partial charge in [0, 0.05) is 11.3 Å². The van der Waals surface area contributed by atoms with Gasteiger partial charge in [-0.1, -0.05) is 0 Å². The van der Waals surface area contributed by atoms with Crippen LogP contribution in [0.3, 0.4) is 0 Å². The lowest BCUT2D eigenvalue weighted by Crippen LogP contribution is -2.28. The highest BCUT2D eigenvalue weighted by molar-refractivity contribution is 8.00. The molecule has 0 spiro atoms. The SMILES string of the molecule is CSC1(CNC(C)c2ccco2)CC1. The molecule has 3 heteroatoms. The molecule has 0 saturated heterocycles. The predicted octanol–water partition coefficient (Wildman–Crippen LogP) is 2.83. The Morgan fingerprint density at radius 3 is 2.93 bits per heavy atom. The molecule has 0 aliphatic heterocycles. The van der Waals surface area contributed by atoms with Gasteiger partial charge in [0.1, 0.15) is 5.76 Å². The Labute approximate surface area is 89.4 Å². The molecule has 1 aliphatic rings. The first-order valence-corrected chi connectivity index (χ1v) is 6.30. The van der Waals surface area contributed by atoms with Gasteiger partial charge in [-0.05, 0) is 38.2 Å². The lowest BCUT2D eigenvalue weighted by Gasteiger charge is -2.16. The molecule has 1 unspecified atom stereocenters. The third-order valence-corrected chi connectivity index (χ3v) is 4.36. The van der Waals surface area contributed by atoms with Gasteiger partial charge in [-0.2, -0.15) is 11.8 Å². The summed E-state index contributed by atoms with van der Waals surface area (Å²) in [5.74, 6) is 1.03. The van der Waals surface area contributed by atoms with E-state index >= 15 is 0 Å². The lowest BCUT2D eigenvalue weighted by atomic mass is 10.2. The lowest BCUT2D eigenvalue weighted by molar-refractivity contribution is 0.429. The molecule has 1 aromatic heterocycles. The Hall–Kier alpha value is -0.410. The Morgan fingerprint density at radius 1 is 1.64 bits per heavy atom. The van der Waals surface area contributed by atoms with Crippen LogP contribution in [-0.4, -0.2) is 17.5 Å². The van der Waals surface area contributed by atoms with E-state index in [0.717, 1.165) is 12.3 Å². The van der Waals surface area contributed by atoms with Crippen molar-refractivity contribution in [2.24, 2.45) is 0 Å². The first-order chi connectivity index (χ1) is 6.76. The van der Waals surface area contributed by atoms with Crippen molar-refractivity contribution in [2.75, 3.05) is 12.8 Å². The van der Waals surface area contributed by atoms with Gasteiger partial charge in [-0.15, -0.1) is 0 Å². The Bertz CT molecular complexity index is 279. The van der Waals surface area contributed by atoms with Gasteiger partial charge in [-0.25, -0.2) is 0 Å². The molecule has 14 heavy (non-hydrogen) atoms. The summed E-state index contributed by atoms with van der Waals surface area (Å²) in [5.41, 5.74) is 0. The zero-order valence-electron chi connectivity index (χ0n) is 8.75. The number of thioether (sulfide) groups is 1. The molecule has 1 atom stereocenters. The zero-order chi connectivity index (χ0) is 10.0. The van der Waals surface area contributed by atoms with Crippen molar-refractivity contribution in [1.82, 2.24) is 5.32 Å². The predicted molar refractivity (Wildman–Crippen MR) is 60.6 cm³/mol. The number of nitrogens with one attached hydrogen (secondary N) is 1. The van der Waals surface area contributed by atoms with Crippen molar-refractivity contribution in [2.45, 2.75) is 30.6 Å². The van der Waals surface area contributed by atoms with E-state index in [1.807, 2.05) is 23.9 Å². The van der Waals surface area contributed by atoms with Gasteiger partial charge < -0.3 is 9.73 Å². The van der Waals surface area contributed by atoms with Crippen molar-refractivity contribution in [3.63, 3.8) is 0 Å². The molecule has 2 nitrogen and oxygen atoms in total. The van der Waals surface area contributed by atoms with Crippen LogP contribution in [0.5, 0.6) is 0 Å². The van der Waals surface area contributed by atoms with Gasteiger partial charge in [0.15, 0.2) is 0 Å². The topological polar surface area (TPSA) is 25.2 Å². The molecule has 1 heterocycles. The minimum absolute atomic E-state index is 0.328. The molecule has 78 valence electrons. The molecule has 1 N–H and O–H groups in total. The van der Waals surface area contributed by atoms with Crippen LogP contribution in [-0.2, 0) is 0 Å². The Morgan fingerprint density at radius 2 is 2.43 bits per heavy atom. The molecule has 0 radical (unpaired) electrons. The summed E-state index contributed by atoms with van der Waals surface area (Å²) < 4.78 is 5.87. The monoisotopic (exact) mass is 211 g/mol. The molecular weight excluding hydrogens is 194 g/mol. The van der Waals surface area contributed by atoms with Crippen LogP contribution in [0, 0.1) is 0 Å². The zero-order valence-corrected chi connectivity index (χ0v) is 9.56. The summed E-state index contributed by atoms with van der Waals surface area (Å²) in [6.45, 7) is 3.24. The molecule has 0 amide bonds. The molecule has 2 rings (SSSR count). The van der Waals surface area contributed by atoms with Crippen LogP contribution in [0.4, 0.5) is 0 Å². The fourth-order valence-corrected chi connectivity index (χ4v) is 2.31. The van der Waals surface area contributed by atoms with Crippen molar-refractivity contribution >= 4 is 11.8 Å².